The Morgan fingerprint density at radius 3 is 1.79 bits per heavy atom. The predicted octanol–water partition coefficient (Wildman–Crippen LogP) is 4.71. The first kappa shape index (κ1) is 60.2. The van der Waals surface area contributed by atoms with Gasteiger partial charge >= 0.3 is 17.9 Å². The molecule has 26 heteroatoms. The molecule has 2 aromatic rings. The summed E-state index contributed by atoms with van der Waals surface area (Å²) in [5.74, 6) is -5.31. The van der Waals surface area contributed by atoms with E-state index in [4.69, 9.17) is 23.7 Å². The molecule has 1 aliphatic rings. The Morgan fingerprint density at radius 2 is 1.27 bits per heavy atom. The van der Waals surface area contributed by atoms with Crippen molar-refractivity contribution < 1.29 is 77.7 Å². The molecule has 1 saturated heterocycles. The molecule has 1 fully saturated rings. The molecule has 1 aliphatic heterocycles. The summed E-state index contributed by atoms with van der Waals surface area (Å²) in [6.45, 7) is 6.63. The summed E-state index contributed by atoms with van der Waals surface area (Å²) >= 11 is 11.9. The molecule has 0 aliphatic carbocycles. The summed E-state index contributed by atoms with van der Waals surface area (Å²) < 4.78 is 30.4. The Balaban J connectivity index is 2.13. The number of esters is 3. The maximum Gasteiger partial charge on any atom is 0.306 e. The first-order valence-electron chi connectivity index (χ1n) is 20.2. The van der Waals surface area contributed by atoms with Gasteiger partial charge in [0.25, 0.3) is 11.8 Å². The lowest BCUT2D eigenvalue weighted by atomic mass is 10.1. The normalized spacial score (nSPS) is 15.5. The zero-order valence-corrected chi connectivity index (χ0v) is 49.9. The topological polar surface area (TPSA) is 277 Å². The lowest BCUT2D eigenvalue weighted by Gasteiger charge is -2.31. The van der Waals surface area contributed by atoms with E-state index >= 15 is 0 Å². The average Bonchev–Trinajstić information content (AvgIpc) is 3.59. The highest BCUT2D eigenvalue weighted by Crippen LogP contribution is 2.44. The van der Waals surface area contributed by atoms with Crippen molar-refractivity contribution >= 4 is 200 Å². The molecule has 2 aromatic carbocycles. The van der Waals surface area contributed by atoms with Crippen LogP contribution < -0.4 is 20.4 Å². The summed E-state index contributed by atoms with van der Waals surface area (Å²) in [6, 6.07) is 0. The Kier molecular flexibility index (Phi) is 24.8. The molecule has 20 nitrogen and oxygen atoms in total. The second-order valence-electron chi connectivity index (χ2n) is 15.3. The smallest absolute Gasteiger partial charge is 0.306 e. The van der Waals surface area contributed by atoms with E-state index in [2.05, 4.69) is 33.2 Å². The number of carbonyl (C=O) groups excluding carboxylic acids is 7. The molecule has 6 N–H and O–H groups in total. The number of amides is 4. The summed E-state index contributed by atoms with van der Waals surface area (Å²) in [6.07, 6.45) is -5.57. The Morgan fingerprint density at radius 1 is 0.731 bits per heavy atom. The number of nitrogens with one attached hydrogen (secondary N) is 2. The van der Waals surface area contributed by atoms with Gasteiger partial charge in [-0.25, -0.2) is 0 Å². The number of anilines is 4. The molecule has 0 spiro atoms. The second-order valence-corrected chi connectivity index (χ2v) is 21.7. The maximum absolute atomic E-state index is 14.1. The lowest BCUT2D eigenvalue weighted by molar-refractivity contribution is -0.145. The van der Waals surface area contributed by atoms with Crippen LogP contribution in [0, 0.1) is 21.4 Å². The minimum Gasteiger partial charge on any atom is -0.465 e. The van der Waals surface area contributed by atoms with Gasteiger partial charge < -0.3 is 64.5 Å². The summed E-state index contributed by atoms with van der Waals surface area (Å²) in [5.41, 5.74) is 1.87. The minimum atomic E-state index is -1.54. The zero-order valence-electron chi connectivity index (χ0n) is 36.9. The zero-order chi connectivity index (χ0) is 50.7. The van der Waals surface area contributed by atoms with Crippen molar-refractivity contribution in [1.29, 1.82) is 0 Å². The maximum atomic E-state index is 14.1. The molecule has 0 aromatic heterocycles. The number of aliphatic hydroxyl groups is 4. The van der Waals surface area contributed by atoms with E-state index in [1.807, 2.05) is 113 Å². The molecule has 4 unspecified atom stereocenters. The Hall–Kier alpha value is -1.13. The molecule has 0 saturated carbocycles. The first-order chi connectivity index (χ1) is 31.2. The van der Waals surface area contributed by atoms with Crippen molar-refractivity contribution in [2.24, 2.45) is 0 Å². The molecular weight excluding hydrogens is 1570 g/mol. The van der Waals surface area contributed by atoms with Crippen LogP contribution in [0.25, 0.3) is 0 Å². The molecule has 67 heavy (non-hydrogen) atoms. The number of aliphatic hydroxyl groups excluding tert-OH is 4. The van der Waals surface area contributed by atoms with Gasteiger partial charge in [0, 0.05) is 40.1 Å². The molecule has 4 amide bonds. The number of nitrogens with zero attached hydrogens (tertiary/aromatic N) is 2. The molecular formula is C41H50I6N4O16. The third kappa shape index (κ3) is 17.3. The molecule has 372 valence electrons. The molecule has 1 heterocycles. The van der Waals surface area contributed by atoms with Crippen LogP contribution >= 0.6 is 136 Å². The highest BCUT2D eigenvalue weighted by Gasteiger charge is 2.37. The van der Waals surface area contributed by atoms with E-state index in [1.165, 1.54) is 32.6 Å². The number of ether oxygens (including phenoxy) is 5. The quantitative estimate of drug-likeness (QED) is 0.0529. The highest BCUT2D eigenvalue weighted by molar-refractivity contribution is 14.1. The molecule has 0 bridgehead atoms. The van der Waals surface area contributed by atoms with Crippen LogP contribution in [-0.4, -0.2) is 132 Å². The van der Waals surface area contributed by atoms with Gasteiger partial charge in [0.05, 0.1) is 75.1 Å². The summed E-state index contributed by atoms with van der Waals surface area (Å²) in [5, 5.41) is 46.0. The Bertz CT molecular complexity index is 2210. The van der Waals surface area contributed by atoms with Gasteiger partial charge in [0.15, 0.2) is 5.79 Å². The van der Waals surface area contributed by atoms with Gasteiger partial charge in [-0.05, 0) is 175 Å². The van der Waals surface area contributed by atoms with E-state index in [1.54, 1.807) is 13.8 Å². The van der Waals surface area contributed by atoms with Gasteiger partial charge in [-0.3, -0.25) is 33.6 Å². The van der Waals surface area contributed by atoms with Gasteiger partial charge in [0.1, 0.15) is 38.1 Å². The summed E-state index contributed by atoms with van der Waals surface area (Å²) in [7, 11) is 0. The predicted molar refractivity (Wildman–Crippen MR) is 293 cm³/mol. The third-order valence-corrected chi connectivity index (χ3v) is 16.2. The molecule has 3 rings (SSSR count). The van der Waals surface area contributed by atoms with Gasteiger partial charge in [0.2, 0.25) is 11.8 Å². The number of benzene rings is 2. The van der Waals surface area contributed by atoms with Crippen LogP contribution in [0.4, 0.5) is 22.7 Å². The van der Waals surface area contributed by atoms with E-state index < -0.39 is 91.5 Å². The van der Waals surface area contributed by atoms with Crippen LogP contribution in [0.2, 0.25) is 0 Å². The number of carbonyl (C=O) groups is 7. The van der Waals surface area contributed by atoms with Crippen molar-refractivity contribution in [2.45, 2.75) is 104 Å². The van der Waals surface area contributed by atoms with Crippen LogP contribution in [0.1, 0.15) is 71.9 Å². The van der Waals surface area contributed by atoms with E-state index in [0.29, 0.717) is 40.4 Å². The monoisotopic (exact) mass is 1620 g/mol. The van der Waals surface area contributed by atoms with Crippen molar-refractivity contribution in [2.75, 3.05) is 60.0 Å². The van der Waals surface area contributed by atoms with Crippen LogP contribution in [0.15, 0.2) is 0 Å². The SMILES string of the molecule is CC(=O)OCCC(=O)Nc1c(I)c(CCC(=O)OCc2c(I)c(NC(=O)C(C)O)c(I)c(N(CC(O)CO)C(=O)C(C)O)c2I)c(I)c(N(CC2COC(C)(C)O2)C(=O)CCOC(C)=O)c1I. The molecule has 4 atom stereocenters. The van der Waals surface area contributed by atoms with Crippen LogP contribution in [0.5, 0.6) is 0 Å². The fourth-order valence-electron chi connectivity index (χ4n) is 6.19. The standard InChI is InChI=1S/C41H50I6N4O16/c1-18(53)39(61)49-36-30(43)25(32(45)38(34(36)47)51(13-22(57)15-52)40(62)19(2)54)17-65-28(60)8-7-24-29(42)35(48-26(58)9-11-63-20(3)55)33(46)37(31(24)44)50(27(59)10-12-64-21(4)56)14-23-16-66-41(5,6)67-23/h18-19,22-23,52-54,57H,7-17H2,1-6H3,(H,48,58)(H,49,61). The number of halogens is 6. The van der Waals surface area contributed by atoms with E-state index in [0.717, 1.165) is 4.90 Å². The number of hydrogen-bond acceptors (Lipinski definition) is 16. The van der Waals surface area contributed by atoms with Crippen LogP contribution in [-0.2, 0) is 70.3 Å². The van der Waals surface area contributed by atoms with Crippen molar-refractivity contribution in [3.05, 3.63) is 32.5 Å². The van der Waals surface area contributed by atoms with Gasteiger partial charge in [-0.1, -0.05) is 0 Å². The summed E-state index contributed by atoms with van der Waals surface area (Å²) in [4.78, 5) is 93.0. The fraction of sp³-hybridized carbons (Fsp3) is 0.537. The number of hydrogen-bond donors (Lipinski definition) is 6. The van der Waals surface area contributed by atoms with Crippen LogP contribution in [0.3, 0.4) is 0 Å². The largest absolute Gasteiger partial charge is 0.465 e. The minimum absolute atomic E-state index is 0.00435. The van der Waals surface area contributed by atoms with Crippen molar-refractivity contribution in [3.63, 3.8) is 0 Å². The van der Waals surface area contributed by atoms with Gasteiger partial charge in [-0.2, -0.15) is 0 Å². The fourth-order valence-corrected chi connectivity index (χ4v) is 15.1. The van der Waals surface area contributed by atoms with Gasteiger partial charge in [-0.15, -0.1) is 0 Å². The number of rotatable bonds is 22. The van der Waals surface area contributed by atoms with Crippen molar-refractivity contribution in [1.82, 2.24) is 0 Å². The van der Waals surface area contributed by atoms with E-state index in [9.17, 15) is 54.0 Å². The third-order valence-electron chi connectivity index (χ3n) is 9.40. The average molecular weight is 1620 g/mol. The van der Waals surface area contributed by atoms with Crippen molar-refractivity contribution in [3.8, 4) is 0 Å². The highest BCUT2D eigenvalue weighted by atomic mass is 127. The Labute approximate surface area is 468 Å². The lowest BCUT2D eigenvalue weighted by Crippen LogP contribution is -2.44. The first-order valence-corrected chi connectivity index (χ1v) is 26.7. The molecule has 0 radical (unpaired) electrons. The van der Waals surface area contributed by atoms with E-state index in [-0.39, 0.29) is 67.0 Å². The second kappa shape index (κ2) is 27.6.